The lowest BCUT2D eigenvalue weighted by Crippen LogP contribution is -2.07. The SMILES string of the molecule is CC[C@@H](C)C[C@H](C)C[C@@H](C)c1ccc(C)c(C/C(C)=C/C=C(\C)c2ccc(C)cc2)c1. The van der Waals surface area contributed by atoms with Crippen molar-refractivity contribution in [1.29, 1.82) is 0 Å². The lowest BCUT2D eigenvalue weighted by atomic mass is 9.84. The van der Waals surface area contributed by atoms with E-state index in [1.165, 1.54) is 58.2 Å². The Balaban J connectivity index is 2.08. The van der Waals surface area contributed by atoms with Gasteiger partial charge in [-0.2, -0.15) is 0 Å². The van der Waals surface area contributed by atoms with Crippen molar-refractivity contribution in [2.45, 2.75) is 87.0 Å². The molecule has 0 fully saturated rings. The lowest BCUT2D eigenvalue weighted by molar-refractivity contribution is 0.369. The van der Waals surface area contributed by atoms with Crippen LogP contribution >= 0.6 is 0 Å². The van der Waals surface area contributed by atoms with Crippen LogP contribution in [0.4, 0.5) is 0 Å². The molecule has 0 heteroatoms. The van der Waals surface area contributed by atoms with Crippen molar-refractivity contribution >= 4 is 5.57 Å². The Labute approximate surface area is 192 Å². The van der Waals surface area contributed by atoms with Gasteiger partial charge in [0.15, 0.2) is 0 Å². The highest BCUT2D eigenvalue weighted by atomic mass is 14.2. The Morgan fingerprint density at radius 3 is 2.16 bits per heavy atom. The molecule has 31 heavy (non-hydrogen) atoms. The van der Waals surface area contributed by atoms with Crippen LogP contribution in [0.2, 0.25) is 0 Å². The maximum absolute atomic E-state index is 2.46. The maximum Gasteiger partial charge on any atom is -0.00640 e. The van der Waals surface area contributed by atoms with Gasteiger partial charge in [0.2, 0.25) is 0 Å². The molecular formula is C31H44. The van der Waals surface area contributed by atoms with Crippen LogP contribution in [0.25, 0.3) is 5.57 Å². The second-order valence-corrected chi connectivity index (χ2v) is 10.1. The molecule has 0 heterocycles. The van der Waals surface area contributed by atoms with Crippen molar-refractivity contribution < 1.29 is 0 Å². The molecule has 0 amide bonds. The van der Waals surface area contributed by atoms with Gasteiger partial charge in [-0.05, 0) is 92.5 Å². The number of rotatable bonds is 10. The smallest absolute Gasteiger partial charge is 0.00640 e. The van der Waals surface area contributed by atoms with Gasteiger partial charge in [-0.15, -0.1) is 0 Å². The second kappa shape index (κ2) is 12.1. The third-order valence-electron chi connectivity index (χ3n) is 6.79. The number of aryl methyl sites for hydroxylation is 2. The van der Waals surface area contributed by atoms with Crippen LogP contribution in [0.5, 0.6) is 0 Å². The first-order chi connectivity index (χ1) is 14.7. The second-order valence-electron chi connectivity index (χ2n) is 10.1. The normalized spacial score (nSPS) is 15.6. The monoisotopic (exact) mass is 416 g/mol. The van der Waals surface area contributed by atoms with Gasteiger partial charge in [0, 0.05) is 0 Å². The molecule has 0 nitrogen and oxygen atoms in total. The topological polar surface area (TPSA) is 0 Å². The first kappa shape index (κ1) is 25.2. The van der Waals surface area contributed by atoms with Crippen molar-refractivity contribution in [3.05, 3.63) is 88.0 Å². The Morgan fingerprint density at radius 2 is 1.52 bits per heavy atom. The molecule has 0 aliphatic carbocycles. The molecule has 0 aromatic heterocycles. The first-order valence-electron chi connectivity index (χ1n) is 12.2. The predicted molar refractivity (Wildman–Crippen MR) is 140 cm³/mol. The van der Waals surface area contributed by atoms with Gasteiger partial charge in [0.25, 0.3) is 0 Å². The van der Waals surface area contributed by atoms with Crippen LogP contribution in [0, 0.1) is 25.7 Å². The zero-order valence-electron chi connectivity index (χ0n) is 21.3. The van der Waals surface area contributed by atoms with Crippen LogP contribution in [0.15, 0.2) is 60.2 Å². The average Bonchev–Trinajstić information content (AvgIpc) is 2.73. The van der Waals surface area contributed by atoms with Crippen molar-refractivity contribution in [2.75, 3.05) is 0 Å². The maximum atomic E-state index is 2.46. The summed E-state index contributed by atoms with van der Waals surface area (Å²) < 4.78 is 0. The minimum absolute atomic E-state index is 0.617. The summed E-state index contributed by atoms with van der Waals surface area (Å²) in [6.45, 7) is 18.3. The standard InChI is InChI=1S/C31H44/c1-9-22(2)18-25(5)19-28(8)30-17-14-27(7)31(21-30)20-24(4)10-13-26(6)29-15-11-23(3)12-16-29/h10-17,21-22,25,28H,9,18-20H2,1-8H3/b24-10+,26-13+/t22-,25+,28-/m1/s1. The minimum atomic E-state index is 0.617. The highest BCUT2D eigenvalue weighted by Gasteiger charge is 2.14. The highest BCUT2D eigenvalue weighted by Crippen LogP contribution is 2.29. The molecule has 0 spiro atoms. The van der Waals surface area contributed by atoms with E-state index in [2.05, 4.69) is 110 Å². The summed E-state index contributed by atoms with van der Waals surface area (Å²) in [7, 11) is 0. The van der Waals surface area contributed by atoms with E-state index in [1.807, 2.05) is 0 Å². The molecule has 0 unspecified atom stereocenters. The van der Waals surface area contributed by atoms with E-state index in [-0.39, 0.29) is 0 Å². The summed E-state index contributed by atoms with van der Waals surface area (Å²) in [5, 5.41) is 0. The van der Waals surface area contributed by atoms with Crippen LogP contribution in [0.3, 0.4) is 0 Å². The fourth-order valence-corrected chi connectivity index (χ4v) is 4.42. The van der Waals surface area contributed by atoms with Crippen molar-refractivity contribution in [1.82, 2.24) is 0 Å². The van der Waals surface area contributed by atoms with Crippen molar-refractivity contribution in [3.8, 4) is 0 Å². The molecule has 0 saturated heterocycles. The minimum Gasteiger partial charge on any atom is -0.0689 e. The number of hydrogen-bond acceptors (Lipinski definition) is 0. The largest absolute Gasteiger partial charge is 0.0689 e. The summed E-state index contributed by atoms with van der Waals surface area (Å²) in [5.74, 6) is 2.23. The molecule has 168 valence electrons. The summed E-state index contributed by atoms with van der Waals surface area (Å²) in [4.78, 5) is 0. The molecule has 0 aliphatic rings. The molecule has 2 aromatic carbocycles. The quantitative estimate of drug-likeness (QED) is 0.338. The molecule has 0 N–H and O–H groups in total. The van der Waals surface area contributed by atoms with E-state index in [9.17, 15) is 0 Å². The van der Waals surface area contributed by atoms with E-state index in [0.29, 0.717) is 5.92 Å². The van der Waals surface area contributed by atoms with Crippen molar-refractivity contribution in [2.24, 2.45) is 11.8 Å². The van der Waals surface area contributed by atoms with E-state index in [4.69, 9.17) is 0 Å². The van der Waals surface area contributed by atoms with E-state index in [0.717, 1.165) is 18.3 Å². The van der Waals surface area contributed by atoms with Gasteiger partial charge in [-0.1, -0.05) is 99.9 Å². The zero-order chi connectivity index (χ0) is 23.0. The van der Waals surface area contributed by atoms with Gasteiger partial charge in [-0.25, -0.2) is 0 Å². The summed E-state index contributed by atoms with van der Waals surface area (Å²) in [6.07, 6.45) is 9.48. The van der Waals surface area contributed by atoms with E-state index >= 15 is 0 Å². The Kier molecular flexibility index (Phi) is 9.82. The molecule has 0 bridgehead atoms. The zero-order valence-corrected chi connectivity index (χ0v) is 21.3. The van der Waals surface area contributed by atoms with Gasteiger partial charge in [0.1, 0.15) is 0 Å². The molecular weight excluding hydrogens is 372 g/mol. The van der Waals surface area contributed by atoms with Crippen molar-refractivity contribution in [3.63, 3.8) is 0 Å². The van der Waals surface area contributed by atoms with Crippen LogP contribution < -0.4 is 0 Å². The molecule has 2 aromatic rings. The van der Waals surface area contributed by atoms with Gasteiger partial charge >= 0.3 is 0 Å². The molecule has 3 atom stereocenters. The van der Waals surface area contributed by atoms with Crippen LogP contribution in [-0.4, -0.2) is 0 Å². The molecule has 2 rings (SSSR count). The highest BCUT2D eigenvalue weighted by molar-refractivity contribution is 5.65. The fraction of sp³-hybridized carbons (Fsp3) is 0.484. The number of hydrogen-bond donors (Lipinski definition) is 0. The fourth-order valence-electron chi connectivity index (χ4n) is 4.42. The van der Waals surface area contributed by atoms with E-state index < -0.39 is 0 Å². The third kappa shape index (κ3) is 8.17. The molecule has 0 radical (unpaired) electrons. The van der Waals surface area contributed by atoms with Gasteiger partial charge in [0.05, 0.1) is 0 Å². The number of benzene rings is 2. The summed E-state index contributed by atoms with van der Waals surface area (Å²) >= 11 is 0. The summed E-state index contributed by atoms with van der Waals surface area (Å²) in [5.41, 5.74) is 9.69. The molecule has 0 aliphatic heterocycles. The summed E-state index contributed by atoms with van der Waals surface area (Å²) in [6, 6.07) is 15.9. The van der Waals surface area contributed by atoms with Gasteiger partial charge in [-0.3, -0.25) is 0 Å². The van der Waals surface area contributed by atoms with E-state index in [1.54, 1.807) is 0 Å². The number of allylic oxidation sites excluding steroid dienone is 4. The third-order valence-corrected chi connectivity index (χ3v) is 6.79. The molecule has 0 saturated carbocycles. The van der Waals surface area contributed by atoms with Crippen LogP contribution in [0.1, 0.15) is 94.5 Å². The first-order valence-corrected chi connectivity index (χ1v) is 12.2. The Morgan fingerprint density at radius 1 is 0.839 bits per heavy atom. The van der Waals surface area contributed by atoms with Gasteiger partial charge < -0.3 is 0 Å². The predicted octanol–water partition coefficient (Wildman–Crippen LogP) is 9.46. The lowest BCUT2D eigenvalue weighted by Gasteiger charge is -2.21. The Hall–Kier alpha value is -2.08. The average molecular weight is 417 g/mol. The van der Waals surface area contributed by atoms with Crippen LogP contribution in [-0.2, 0) is 6.42 Å². The Bertz CT molecular complexity index is 879.